The van der Waals surface area contributed by atoms with Gasteiger partial charge in [-0.1, -0.05) is 0 Å². The molecular weight excluding hydrogens is 296 g/mol. The summed E-state index contributed by atoms with van der Waals surface area (Å²) < 4.78 is 42.2. The molecule has 1 fully saturated rings. The summed E-state index contributed by atoms with van der Waals surface area (Å²) in [5.41, 5.74) is 5.99. The molecule has 0 amide bonds. The Bertz CT molecular complexity index is 593. The smallest absolute Gasteiger partial charge is 0.245 e. The Morgan fingerprint density at radius 3 is 2.14 bits per heavy atom. The Balaban J connectivity index is 2.31. The quantitative estimate of drug-likeness (QED) is 0.786. The van der Waals surface area contributed by atoms with Gasteiger partial charge in [0, 0.05) is 33.4 Å². The van der Waals surface area contributed by atoms with Gasteiger partial charge in [-0.2, -0.15) is 4.31 Å². The van der Waals surface area contributed by atoms with Crippen molar-refractivity contribution >= 4 is 15.7 Å². The highest BCUT2D eigenvalue weighted by molar-refractivity contribution is 7.89. The Kier molecular flexibility index (Phi) is 4.72. The zero-order valence-electron chi connectivity index (χ0n) is 12.3. The van der Waals surface area contributed by atoms with Crippen molar-refractivity contribution in [1.29, 1.82) is 0 Å². The lowest BCUT2D eigenvalue weighted by Gasteiger charge is -2.17. The van der Waals surface area contributed by atoms with Gasteiger partial charge in [-0.25, -0.2) is 8.42 Å². The largest absolute Gasteiger partial charge is 0.497 e. The number of benzene rings is 1. The zero-order chi connectivity index (χ0) is 15.6. The molecule has 1 aliphatic heterocycles. The van der Waals surface area contributed by atoms with Gasteiger partial charge in [0.1, 0.15) is 10.6 Å². The van der Waals surface area contributed by atoms with E-state index in [1.165, 1.54) is 37.8 Å². The first-order valence-electron chi connectivity index (χ1n) is 6.43. The van der Waals surface area contributed by atoms with Gasteiger partial charge < -0.3 is 19.9 Å². The Hall–Kier alpha value is -1.35. The molecule has 1 heterocycles. The van der Waals surface area contributed by atoms with Crippen molar-refractivity contribution in [2.24, 2.45) is 0 Å². The van der Waals surface area contributed by atoms with Gasteiger partial charge >= 0.3 is 0 Å². The maximum atomic E-state index is 12.7. The van der Waals surface area contributed by atoms with E-state index in [-0.39, 0.29) is 35.9 Å². The second kappa shape index (κ2) is 6.18. The van der Waals surface area contributed by atoms with Crippen molar-refractivity contribution in [3.63, 3.8) is 0 Å². The van der Waals surface area contributed by atoms with Crippen molar-refractivity contribution < 1.29 is 22.6 Å². The molecule has 2 rings (SSSR count). The van der Waals surface area contributed by atoms with Crippen LogP contribution in [0.5, 0.6) is 5.75 Å². The number of methoxy groups -OCH3 is 3. The average Bonchev–Trinajstić information content (AvgIpc) is 2.90. The highest BCUT2D eigenvalue weighted by atomic mass is 32.2. The van der Waals surface area contributed by atoms with E-state index < -0.39 is 10.0 Å². The number of nitrogens with two attached hydrogens (primary N) is 1. The van der Waals surface area contributed by atoms with Crippen LogP contribution in [0.4, 0.5) is 5.69 Å². The summed E-state index contributed by atoms with van der Waals surface area (Å²) in [6, 6.07) is 4.51. The van der Waals surface area contributed by atoms with E-state index >= 15 is 0 Å². The molecule has 7 nitrogen and oxygen atoms in total. The fourth-order valence-electron chi connectivity index (χ4n) is 2.39. The van der Waals surface area contributed by atoms with Crippen LogP contribution in [0.1, 0.15) is 0 Å². The van der Waals surface area contributed by atoms with Crippen molar-refractivity contribution in [1.82, 2.24) is 4.31 Å². The minimum atomic E-state index is -3.69. The van der Waals surface area contributed by atoms with Gasteiger partial charge in [0.15, 0.2) is 0 Å². The van der Waals surface area contributed by atoms with Crippen LogP contribution in [0.25, 0.3) is 0 Å². The first kappa shape index (κ1) is 16.0. The fraction of sp³-hybridized carbons (Fsp3) is 0.538. The van der Waals surface area contributed by atoms with E-state index in [9.17, 15) is 8.42 Å². The van der Waals surface area contributed by atoms with Crippen molar-refractivity contribution in [3.05, 3.63) is 18.2 Å². The maximum Gasteiger partial charge on any atom is 0.245 e. The summed E-state index contributed by atoms with van der Waals surface area (Å²) in [5.74, 6) is 0.511. The normalized spacial score (nSPS) is 23.4. The number of rotatable bonds is 5. The molecule has 21 heavy (non-hydrogen) atoms. The van der Waals surface area contributed by atoms with E-state index in [1.54, 1.807) is 6.07 Å². The van der Waals surface area contributed by atoms with Crippen LogP contribution in [0.3, 0.4) is 0 Å². The van der Waals surface area contributed by atoms with Gasteiger partial charge in [-0.15, -0.1) is 0 Å². The van der Waals surface area contributed by atoms with Crippen molar-refractivity contribution in [2.45, 2.75) is 17.1 Å². The summed E-state index contributed by atoms with van der Waals surface area (Å²) in [6.07, 6.45) is -0.575. The number of ether oxygens (including phenoxy) is 3. The van der Waals surface area contributed by atoms with Crippen LogP contribution in [-0.2, 0) is 19.5 Å². The van der Waals surface area contributed by atoms with Crippen LogP contribution in [0.2, 0.25) is 0 Å². The van der Waals surface area contributed by atoms with Crippen LogP contribution in [-0.4, -0.2) is 59.3 Å². The number of anilines is 1. The van der Waals surface area contributed by atoms with Crippen LogP contribution < -0.4 is 10.5 Å². The monoisotopic (exact) mass is 316 g/mol. The highest BCUT2D eigenvalue weighted by Crippen LogP contribution is 2.29. The summed E-state index contributed by atoms with van der Waals surface area (Å²) >= 11 is 0. The molecule has 1 aromatic rings. The second-order valence-electron chi connectivity index (χ2n) is 4.77. The molecule has 0 aliphatic carbocycles. The standard InChI is InChI=1S/C13H20N2O5S/c1-18-9-4-5-13(10(14)6-9)21(16,17)15-7-11(19-2)12(8-15)20-3/h4-6,11-12H,7-8,14H2,1-3H3. The molecule has 118 valence electrons. The van der Waals surface area contributed by atoms with Crippen LogP contribution in [0.15, 0.2) is 23.1 Å². The van der Waals surface area contributed by atoms with E-state index in [2.05, 4.69) is 0 Å². The minimum absolute atomic E-state index is 0.0647. The first-order valence-corrected chi connectivity index (χ1v) is 7.87. The van der Waals surface area contributed by atoms with Crippen LogP contribution in [0, 0.1) is 0 Å². The number of nitrogen functional groups attached to an aromatic ring is 1. The van der Waals surface area contributed by atoms with E-state index in [0.717, 1.165) is 0 Å². The van der Waals surface area contributed by atoms with Crippen molar-refractivity contribution in [3.8, 4) is 5.75 Å². The minimum Gasteiger partial charge on any atom is -0.497 e. The Morgan fingerprint density at radius 2 is 1.71 bits per heavy atom. The number of nitrogens with zero attached hydrogens (tertiary/aromatic N) is 1. The molecule has 8 heteroatoms. The first-order chi connectivity index (χ1) is 9.93. The summed E-state index contributed by atoms with van der Waals surface area (Å²) in [6.45, 7) is 0.478. The molecular formula is C13H20N2O5S. The molecule has 1 aromatic carbocycles. The lowest BCUT2D eigenvalue weighted by atomic mass is 10.3. The molecule has 1 aliphatic rings. The maximum absolute atomic E-state index is 12.7. The molecule has 0 aromatic heterocycles. The third-order valence-corrected chi connectivity index (χ3v) is 5.53. The van der Waals surface area contributed by atoms with Gasteiger partial charge in [0.05, 0.1) is 25.0 Å². The summed E-state index contributed by atoms with van der Waals surface area (Å²) in [4.78, 5) is 0.0647. The van der Waals surface area contributed by atoms with Crippen molar-refractivity contribution in [2.75, 3.05) is 40.2 Å². The Labute approximate surface area is 124 Å². The topological polar surface area (TPSA) is 91.1 Å². The van der Waals surface area contributed by atoms with E-state index in [0.29, 0.717) is 5.75 Å². The van der Waals surface area contributed by atoms with Crippen LogP contribution >= 0.6 is 0 Å². The molecule has 0 saturated carbocycles. The second-order valence-corrected chi connectivity index (χ2v) is 6.68. The molecule has 2 unspecified atom stereocenters. The number of hydrogen-bond acceptors (Lipinski definition) is 6. The third kappa shape index (κ3) is 2.98. The average molecular weight is 316 g/mol. The van der Waals surface area contributed by atoms with E-state index in [1.807, 2.05) is 0 Å². The SMILES string of the molecule is COc1ccc(S(=O)(=O)N2CC(OC)C(OC)C2)c(N)c1. The molecule has 2 atom stereocenters. The van der Waals surface area contributed by atoms with Gasteiger partial charge in [-0.3, -0.25) is 0 Å². The predicted molar refractivity (Wildman–Crippen MR) is 77.8 cm³/mol. The molecule has 2 N–H and O–H groups in total. The Morgan fingerprint density at radius 1 is 1.14 bits per heavy atom. The predicted octanol–water partition coefficient (Wildman–Crippen LogP) is 0.312. The molecule has 0 bridgehead atoms. The van der Waals surface area contributed by atoms with Gasteiger partial charge in [0.25, 0.3) is 0 Å². The lowest BCUT2D eigenvalue weighted by molar-refractivity contribution is -0.00461. The number of sulfonamides is 1. The summed E-state index contributed by atoms with van der Waals surface area (Å²) in [5, 5.41) is 0. The molecule has 0 spiro atoms. The molecule has 0 radical (unpaired) electrons. The fourth-order valence-corrected chi connectivity index (χ4v) is 3.95. The summed E-state index contributed by atoms with van der Waals surface area (Å²) in [7, 11) is 0.881. The molecule has 1 saturated heterocycles. The lowest BCUT2D eigenvalue weighted by Crippen LogP contribution is -2.30. The number of hydrogen-bond donors (Lipinski definition) is 1. The highest BCUT2D eigenvalue weighted by Gasteiger charge is 2.40. The van der Waals surface area contributed by atoms with Gasteiger partial charge in [-0.05, 0) is 12.1 Å². The van der Waals surface area contributed by atoms with Gasteiger partial charge in [0.2, 0.25) is 10.0 Å². The zero-order valence-corrected chi connectivity index (χ0v) is 13.1. The third-order valence-electron chi connectivity index (χ3n) is 3.62. The van der Waals surface area contributed by atoms with E-state index in [4.69, 9.17) is 19.9 Å².